The smallest absolute Gasteiger partial charge is 0.407 e. The molecule has 1 aromatic heterocycles. The maximum absolute atomic E-state index is 11.7. The van der Waals surface area contributed by atoms with Crippen LogP contribution in [0.25, 0.3) is 0 Å². The number of ether oxygens (including phenoxy) is 1. The third-order valence-electron chi connectivity index (χ3n) is 3.67. The summed E-state index contributed by atoms with van der Waals surface area (Å²) in [5.41, 5.74) is 0.720. The molecule has 1 aromatic rings. The van der Waals surface area contributed by atoms with Gasteiger partial charge in [0.1, 0.15) is 11.4 Å². The standard InChI is InChI=1S/C17H27N3O2/c1-13-7-8-15(18-10-13)20-9-5-6-14(12-20)11-19-16(21)22-17(2,3)4/h7-8,10,14H,5-6,9,11-12H2,1-4H3,(H,19,21)/t14-/m0/s1. The van der Waals surface area contributed by atoms with Gasteiger partial charge in [0.05, 0.1) is 0 Å². The van der Waals surface area contributed by atoms with Gasteiger partial charge in [-0.15, -0.1) is 0 Å². The molecular formula is C17H27N3O2. The van der Waals surface area contributed by atoms with Crippen LogP contribution in [-0.4, -0.2) is 36.3 Å². The summed E-state index contributed by atoms with van der Waals surface area (Å²) in [5.74, 6) is 1.46. The van der Waals surface area contributed by atoms with Gasteiger partial charge in [0.15, 0.2) is 0 Å². The van der Waals surface area contributed by atoms with E-state index in [4.69, 9.17) is 4.74 Å². The van der Waals surface area contributed by atoms with Crippen LogP contribution in [0, 0.1) is 12.8 Å². The summed E-state index contributed by atoms with van der Waals surface area (Å²) in [6.07, 6.45) is 3.81. The highest BCUT2D eigenvalue weighted by Gasteiger charge is 2.22. The number of anilines is 1. The molecule has 1 aliphatic rings. The number of aromatic nitrogens is 1. The van der Waals surface area contributed by atoms with E-state index in [1.54, 1.807) is 0 Å². The van der Waals surface area contributed by atoms with Crippen LogP contribution in [-0.2, 0) is 4.74 Å². The highest BCUT2D eigenvalue weighted by molar-refractivity contribution is 5.67. The fourth-order valence-corrected chi connectivity index (χ4v) is 2.63. The van der Waals surface area contributed by atoms with Crippen molar-refractivity contribution in [1.29, 1.82) is 0 Å². The number of nitrogens with one attached hydrogen (secondary N) is 1. The largest absolute Gasteiger partial charge is 0.444 e. The molecule has 5 heteroatoms. The molecule has 0 radical (unpaired) electrons. The fraction of sp³-hybridized carbons (Fsp3) is 0.647. The van der Waals surface area contributed by atoms with Gasteiger partial charge in [-0.3, -0.25) is 0 Å². The molecule has 0 bridgehead atoms. The van der Waals surface area contributed by atoms with Gasteiger partial charge in [0.25, 0.3) is 0 Å². The number of carbonyl (C=O) groups is 1. The SMILES string of the molecule is Cc1ccc(N2CCC[C@@H](CNC(=O)OC(C)(C)C)C2)nc1. The summed E-state index contributed by atoms with van der Waals surface area (Å²) in [5, 5.41) is 2.88. The summed E-state index contributed by atoms with van der Waals surface area (Å²) in [6, 6.07) is 4.16. The molecular weight excluding hydrogens is 278 g/mol. The van der Waals surface area contributed by atoms with Gasteiger partial charge >= 0.3 is 6.09 Å². The van der Waals surface area contributed by atoms with Crippen molar-refractivity contribution in [3.63, 3.8) is 0 Å². The predicted octanol–water partition coefficient (Wildman–Crippen LogP) is 3.13. The highest BCUT2D eigenvalue weighted by Crippen LogP contribution is 2.21. The third kappa shape index (κ3) is 5.20. The molecule has 2 rings (SSSR count). The second kappa shape index (κ2) is 6.99. The molecule has 1 saturated heterocycles. The zero-order valence-corrected chi connectivity index (χ0v) is 14.1. The van der Waals surface area contributed by atoms with Crippen LogP contribution in [0.15, 0.2) is 18.3 Å². The van der Waals surface area contributed by atoms with E-state index in [2.05, 4.69) is 27.3 Å². The summed E-state index contributed by atoms with van der Waals surface area (Å²) in [7, 11) is 0. The van der Waals surface area contributed by atoms with Gasteiger partial charge in [-0.25, -0.2) is 9.78 Å². The Morgan fingerprint density at radius 3 is 2.86 bits per heavy atom. The normalized spacial score (nSPS) is 18.9. The van der Waals surface area contributed by atoms with Gasteiger partial charge < -0.3 is 15.0 Å². The fourth-order valence-electron chi connectivity index (χ4n) is 2.63. The number of carbonyl (C=O) groups excluding carboxylic acids is 1. The first-order valence-corrected chi connectivity index (χ1v) is 7.98. The van der Waals surface area contributed by atoms with Crippen LogP contribution in [0.4, 0.5) is 10.6 Å². The average Bonchev–Trinajstić information content (AvgIpc) is 2.44. The Morgan fingerprint density at radius 1 is 1.45 bits per heavy atom. The number of pyridine rings is 1. The molecule has 22 heavy (non-hydrogen) atoms. The first kappa shape index (κ1) is 16.6. The Hall–Kier alpha value is -1.78. The van der Waals surface area contributed by atoms with Crippen LogP contribution in [0.5, 0.6) is 0 Å². The molecule has 0 aliphatic carbocycles. The van der Waals surface area contributed by atoms with Crippen LogP contribution in [0.1, 0.15) is 39.2 Å². The van der Waals surface area contributed by atoms with Gasteiger partial charge in [0.2, 0.25) is 0 Å². The maximum atomic E-state index is 11.7. The molecule has 1 N–H and O–H groups in total. The van der Waals surface area contributed by atoms with Gasteiger partial charge in [-0.1, -0.05) is 6.07 Å². The molecule has 2 heterocycles. The second-order valence-corrected chi connectivity index (χ2v) is 7.03. The minimum Gasteiger partial charge on any atom is -0.444 e. The lowest BCUT2D eigenvalue weighted by Crippen LogP contribution is -2.42. The number of hydrogen-bond acceptors (Lipinski definition) is 4. The van der Waals surface area contributed by atoms with E-state index < -0.39 is 5.60 Å². The van der Waals surface area contributed by atoms with Crippen LogP contribution >= 0.6 is 0 Å². The third-order valence-corrected chi connectivity index (χ3v) is 3.67. The van der Waals surface area contributed by atoms with Crippen LogP contribution in [0.2, 0.25) is 0 Å². The molecule has 1 amide bonds. The van der Waals surface area contributed by atoms with E-state index in [0.29, 0.717) is 12.5 Å². The number of nitrogens with zero attached hydrogens (tertiary/aromatic N) is 2. The van der Waals surface area contributed by atoms with E-state index >= 15 is 0 Å². The number of piperidine rings is 1. The van der Waals surface area contributed by atoms with E-state index in [1.807, 2.05) is 33.9 Å². The molecule has 122 valence electrons. The zero-order valence-electron chi connectivity index (χ0n) is 14.1. The van der Waals surface area contributed by atoms with Crippen molar-refractivity contribution in [1.82, 2.24) is 10.3 Å². The summed E-state index contributed by atoms with van der Waals surface area (Å²) >= 11 is 0. The zero-order chi connectivity index (χ0) is 16.2. The van der Waals surface area contributed by atoms with E-state index in [0.717, 1.165) is 31.7 Å². The summed E-state index contributed by atoms with van der Waals surface area (Å²) in [4.78, 5) is 18.5. The Kier molecular flexibility index (Phi) is 5.27. The van der Waals surface area contributed by atoms with Crippen molar-refractivity contribution in [3.05, 3.63) is 23.9 Å². The number of rotatable bonds is 3. The second-order valence-electron chi connectivity index (χ2n) is 7.03. The topological polar surface area (TPSA) is 54.5 Å². The quantitative estimate of drug-likeness (QED) is 0.932. The van der Waals surface area contributed by atoms with E-state index in [9.17, 15) is 4.79 Å². The van der Waals surface area contributed by atoms with Crippen molar-refractivity contribution in [2.24, 2.45) is 5.92 Å². The highest BCUT2D eigenvalue weighted by atomic mass is 16.6. The lowest BCUT2D eigenvalue weighted by atomic mass is 9.98. The number of hydrogen-bond donors (Lipinski definition) is 1. The lowest BCUT2D eigenvalue weighted by Gasteiger charge is -2.33. The molecule has 1 atom stereocenters. The first-order valence-electron chi connectivity index (χ1n) is 7.98. The van der Waals surface area contributed by atoms with Gasteiger partial charge in [-0.2, -0.15) is 0 Å². The van der Waals surface area contributed by atoms with Crippen molar-refractivity contribution >= 4 is 11.9 Å². The molecule has 0 spiro atoms. The molecule has 1 aliphatic heterocycles. The van der Waals surface area contributed by atoms with Crippen molar-refractivity contribution in [2.75, 3.05) is 24.5 Å². The van der Waals surface area contributed by atoms with Crippen molar-refractivity contribution in [2.45, 2.75) is 46.1 Å². The molecule has 0 unspecified atom stereocenters. The number of amides is 1. The Labute approximate surface area is 133 Å². The van der Waals surface area contributed by atoms with Gasteiger partial charge in [-0.05, 0) is 58.1 Å². The molecule has 0 aromatic carbocycles. The Bertz CT molecular complexity index is 494. The number of alkyl carbamates (subject to hydrolysis) is 1. The van der Waals surface area contributed by atoms with Gasteiger partial charge in [0, 0.05) is 25.8 Å². The predicted molar refractivity (Wildman–Crippen MR) is 88.1 cm³/mol. The average molecular weight is 305 g/mol. The monoisotopic (exact) mass is 305 g/mol. The molecule has 1 fully saturated rings. The number of aryl methyl sites for hydroxylation is 1. The van der Waals surface area contributed by atoms with Crippen LogP contribution < -0.4 is 10.2 Å². The molecule has 0 saturated carbocycles. The van der Waals surface area contributed by atoms with E-state index in [-0.39, 0.29) is 6.09 Å². The lowest BCUT2D eigenvalue weighted by molar-refractivity contribution is 0.0517. The van der Waals surface area contributed by atoms with E-state index in [1.165, 1.54) is 5.56 Å². The van der Waals surface area contributed by atoms with Crippen molar-refractivity contribution in [3.8, 4) is 0 Å². The van der Waals surface area contributed by atoms with Crippen LogP contribution in [0.3, 0.4) is 0 Å². The summed E-state index contributed by atoms with van der Waals surface area (Å²) in [6.45, 7) is 10.3. The summed E-state index contributed by atoms with van der Waals surface area (Å²) < 4.78 is 5.28. The molecule has 5 nitrogen and oxygen atoms in total. The Balaban J connectivity index is 1.83. The Morgan fingerprint density at radius 2 is 2.23 bits per heavy atom. The maximum Gasteiger partial charge on any atom is 0.407 e. The minimum absolute atomic E-state index is 0.335. The van der Waals surface area contributed by atoms with Crippen molar-refractivity contribution < 1.29 is 9.53 Å². The first-order chi connectivity index (χ1) is 10.3. The minimum atomic E-state index is -0.450.